The Bertz CT molecular complexity index is 272. The van der Waals surface area contributed by atoms with Gasteiger partial charge in [-0.1, -0.05) is 20.8 Å². The minimum absolute atomic E-state index is 0.0946. The Hall–Kier alpha value is -0.860. The Kier molecular flexibility index (Phi) is 1.50. The second kappa shape index (κ2) is 2.31. The molecule has 1 aromatic heterocycles. The predicted octanol–water partition coefficient (Wildman–Crippen LogP) is 1.52. The minimum Gasteiger partial charge on any atom is -0.250 e. The molecule has 0 unspecified atom stereocenters. The van der Waals surface area contributed by atoms with Crippen LogP contribution in [-0.4, -0.2) is 14.8 Å². The van der Waals surface area contributed by atoms with Crippen LogP contribution < -0.4 is 0 Å². The summed E-state index contributed by atoms with van der Waals surface area (Å²) in [6, 6.07) is 0. The van der Waals surface area contributed by atoms with Crippen LogP contribution in [0.3, 0.4) is 0 Å². The van der Waals surface area contributed by atoms with Gasteiger partial charge in [-0.25, -0.2) is 9.67 Å². The van der Waals surface area contributed by atoms with Gasteiger partial charge in [0.25, 0.3) is 0 Å². The molecule has 0 N–H and O–H groups in total. The van der Waals surface area contributed by atoms with Crippen LogP contribution in [0.4, 0.5) is 0 Å². The van der Waals surface area contributed by atoms with Gasteiger partial charge in [-0.3, -0.25) is 0 Å². The molecule has 2 rings (SSSR count). The monoisotopic (exact) mass is 165 g/mol. The van der Waals surface area contributed by atoms with E-state index in [1.54, 1.807) is 0 Å². The highest BCUT2D eigenvalue weighted by molar-refractivity contribution is 5.05. The van der Waals surface area contributed by atoms with Crippen LogP contribution in [0, 0.1) is 0 Å². The van der Waals surface area contributed by atoms with Gasteiger partial charge in [-0.15, -0.1) is 0 Å². The predicted molar refractivity (Wildman–Crippen MR) is 47.0 cm³/mol. The molecular weight excluding hydrogens is 150 g/mol. The number of nitrogens with zero attached hydrogens (tertiary/aromatic N) is 3. The van der Waals surface area contributed by atoms with Crippen molar-refractivity contribution in [1.82, 2.24) is 14.8 Å². The standard InChI is InChI=1S/C9H15N3/c1-9(2,3)8-10-7-5-4-6-12(7)11-8/h4-6H2,1-3H3. The fraction of sp³-hybridized carbons (Fsp3) is 0.778. The Morgan fingerprint density at radius 1 is 1.33 bits per heavy atom. The van der Waals surface area contributed by atoms with Gasteiger partial charge in [0.05, 0.1) is 0 Å². The second-order valence-electron chi connectivity index (χ2n) is 4.43. The van der Waals surface area contributed by atoms with Crippen molar-refractivity contribution in [3.05, 3.63) is 11.6 Å². The molecule has 66 valence electrons. The highest BCUT2D eigenvalue weighted by Crippen LogP contribution is 2.21. The Morgan fingerprint density at radius 3 is 2.67 bits per heavy atom. The molecule has 0 spiro atoms. The molecule has 3 heteroatoms. The van der Waals surface area contributed by atoms with Crippen LogP contribution in [0.5, 0.6) is 0 Å². The van der Waals surface area contributed by atoms with Crippen LogP contribution in [-0.2, 0) is 18.4 Å². The first kappa shape index (κ1) is 7.77. The fourth-order valence-corrected chi connectivity index (χ4v) is 1.44. The lowest BCUT2D eigenvalue weighted by Crippen LogP contribution is -2.14. The first-order chi connectivity index (χ1) is 5.57. The van der Waals surface area contributed by atoms with Gasteiger partial charge in [-0.05, 0) is 6.42 Å². The number of hydrogen-bond acceptors (Lipinski definition) is 2. The highest BCUT2D eigenvalue weighted by Gasteiger charge is 2.23. The quantitative estimate of drug-likeness (QED) is 0.583. The van der Waals surface area contributed by atoms with Crippen molar-refractivity contribution < 1.29 is 0 Å². The maximum atomic E-state index is 4.51. The lowest BCUT2D eigenvalue weighted by atomic mass is 9.96. The van der Waals surface area contributed by atoms with Crippen LogP contribution in [0.15, 0.2) is 0 Å². The van der Waals surface area contributed by atoms with Gasteiger partial charge in [0.15, 0.2) is 5.82 Å². The van der Waals surface area contributed by atoms with E-state index in [2.05, 4.69) is 30.9 Å². The molecule has 0 fully saturated rings. The summed E-state index contributed by atoms with van der Waals surface area (Å²) in [6.07, 6.45) is 2.31. The topological polar surface area (TPSA) is 30.7 Å². The van der Waals surface area contributed by atoms with Crippen LogP contribution in [0.2, 0.25) is 0 Å². The van der Waals surface area contributed by atoms with Crippen LogP contribution in [0.25, 0.3) is 0 Å². The zero-order valence-corrected chi connectivity index (χ0v) is 7.96. The molecule has 0 amide bonds. The van der Waals surface area contributed by atoms with E-state index in [0.717, 1.165) is 18.8 Å². The highest BCUT2D eigenvalue weighted by atomic mass is 15.4. The first-order valence-corrected chi connectivity index (χ1v) is 4.51. The number of fused-ring (bicyclic) bond motifs is 1. The molecular formula is C9H15N3. The maximum absolute atomic E-state index is 4.51. The van der Waals surface area contributed by atoms with E-state index in [-0.39, 0.29) is 5.41 Å². The first-order valence-electron chi connectivity index (χ1n) is 4.51. The molecule has 0 atom stereocenters. The van der Waals surface area contributed by atoms with Gasteiger partial charge < -0.3 is 0 Å². The third-order valence-electron chi connectivity index (χ3n) is 2.19. The van der Waals surface area contributed by atoms with Gasteiger partial charge in [-0.2, -0.15) is 5.10 Å². The summed E-state index contributed by atoms with van der Waals surface area (Å²) in [7, 11) is 0. The maximum Gasteiger partial charge on any atom is 0.156 e. The molecule has 0 radical (unpaired) electrons. The SMILES string of the molecule is CC(C)(C)c1nc2n(n1)CCC2. The van der Waals surface area contributed by atoms with E-state index < -0.39 is 0 Å². The normalized spacial score (nSPS) is 16.6. The molecule has 1 aliphatic heterocycles. The molecule has 0 bridgehead atoms. The van der Waals surface area contributed by atoms with Gasteiger partial charge in [0.1, 0.15) is 5.82 Å². The van der Waals surface area contributed by atoms with Crippen molar-refractivity contribution in [1.29, 1.82) is 0 Å². The van der Waals surface area contributed by atoms with Crippen molar-refractivity contribution in [2.24, 2.45) is 0 Å². The van der Waals surface area contributed by atoms with Crippen molar-refractivity contribution in [2.75, 3.05) is 0 Å². The third kappa shape index (κ3) is 1.13. The molecule has 0 saturated heterocycles. The number of aryl methyl sites for hydroxylation is 2. The summed E-state index contributed by atoms with van der Waals surface area (Å²) >= 11 is 0. The van der Waals surface area contributed by atoms with Gasteiger partial charge in [0.2, 0.25) is 0 Å². The Balaban J connectivity index is 2.38. The molecule has 0 aliphatic carbocycles. The van der Waals surface area contributed by atoms with E-state index in [9.17, 15) is 0 Å². The number of rotatable bonds is 0. The molecule has 1 aliphatic rings. The molecule has 12 heavy (non-hydrogen) atoms. The lowest BCUT2D eigenvalue weighted by Gasteiger charge is -2.12. The molecule has 1 aromatic rings. The summed E-state index contributed by atoms with van der Waals surface area (Å²) in [5, 5.41) is 4.47. The molecule has 3 nitrogen and oxygen atoms in total. The van der Waals surface area contributed by atoms with Crippen molar-refractivity contribution in [3.8, 4) is 0 Å². The second-order valence-corrected chi connectivity index (χ2v) is 4.43. The zero-order valence-electron chi connectivity index (χ0n) is 7.96. The van der Waals surface area contributed by atoms with Crippen molar-refractivity contribution in [3.63, 3.8) is 0 Å². The van der Waals surface area contributed by atoms with Gasteiger partial charge >= 0.3 is 0 Å². The molecule has 0 aromatic carbocycles. The van der Waals surface area contributed by atoms with E-state index in [4.69, 9.17) is 0 Å². The number of hydrogen-bond donors (Lipinski definition) is 0. The van der Waals surface area contributed by atoms with Crippen molar-refractivity contribution in [2.45, 2.75) is 45.6 Å². The summed E-state index contributed by atoms with van der Waals surface area (Å²) in [5.74, 6) is 2.15. The molecule has 0 saturated carbocycles. The largest absolute Gasteiger partial charge is 0.250 e. The van der Waals surface area contributed by atoms with Crippen molar-refractivity contribution >= 4 is 0 Å². The van der Waals surface area contributed by atoms with E-state index >= 15 is 0 Å². The Labute approximate surface area is 72.8 Å². The average Bonchev–Trinajstić information content (AvgIpc) is 2.37. The summed E-state index contributed by atoms with van der Waals surface area (Å²) in [4.78, 5) is 4.51. The van der Waals surface area contributed by atoms with E-state index in [1.165, 1.54) is 12.2 Å². The fourth-order valence-electron chi connectivity index (χ4n) is 1.44. The summed E-state index contributed by atoms with van der Waals surface area (Å²) in [5.41, 5.74) is 0.0946. The zero-order chi connectivity index (χ0) is 8.77. The number of aromatic nitrogens is 3. The lowest BCUT2D eigenvalue weighted by molar-refractivity contribution is 0.526. The van der Waals surface area contributed by atoms with E-state index in [0.29, 0.717) is 0 Å². The van der Waals surface area contributed by atoms with Crippen LogP contribution >= 0.6 is 0 Å². The Morgan fingerprint density at radius 2 is 2.08 bits per heavy atom. The molecule has 2 heterocycles. The van der Waals surface area contributed by atoms with Crippen LogP contribution in [0.1, 0.15) is 38.8 Å². The summed E-state index contributed by atoms with van der Waals surface area (Å²) < 4.78 is 2.04. The summed E-state index contributed by atoms with van der Waals surface area (Å²) in [6.45, 7) is 7.51. The average molecular weight is 165 g/mol. The minimum atomic E-state index is 0.0946. The smallest absolute Gasteiger partial charge is 0.156 e. The van der Waals surface area contributed by atoms with E-state index in [1.807, 2.05) is 4.68 Å². The third-order valence-corrected chi connectivity index (χ3v) is 2.19. The van der Waals surface area contributed by atoms with Gasteiger partial charge in [0, 0.05) is 18.4 Å².